The molecule has 0 radical (unpaired) electrons. The van der Waals surface area contributed by atoms with Gasteiger partial charge in [-0.05, 0) is 24.3 Å². The predicted molar refractivity (Wildman–Crippen MR) is 72.9 cm³/mol. The minimum Gasteiger partial charge on any atom is -0.296 e. The molecule has 0 aliphatic rings. The molecule has 2 heterocycles. The molecule has 3 rings (SSSR count). The average Bonchev–Trinajstić information content (AvgIpc) is 2.78. The van der Waals surface area contributed by atoms with Gasteiger partial charge in [0.2, 0.25) is 0 Å². The molecule has 0 aliphatic carbocycles. The number of pyridine rings is 1. The Morgan fingerprint density at radius 2 is 1.84 bits per heavy atom. The highest BCUT2D eigenvalue weighted by Crippen LogP contribution is 2.26. The molecule has 19 heavy (non-hydrogen) atoms. The van der Waals surface area contributed by atoms with Crippen molar-refractivity contribution in [2.24, 2.45) is 0 Å². The molecule has 0 saturated carbocycles. The molecule has 96 valence electrons. The van der Waals surface area contributed by atoms with E-state index < -0.39 is 0 Å². The third-order valence-electron chi connectivity index (χ3n) is 3.08. The van der Waals surface area contributed by atoms with Crippen molar-refractivity contribution in [3.63, 3.8) is 0 Å². The summed E-state index contributed by atoms with van der Waals surface area (Å²) in [6.07, 6.45) is 3.45. The second-order valence-electron chi connectivity index (χ2n) is 4.80. The van der Waals surface area contributed by atoms with E-state index in [0.717, 1.165) is 22.5 Å². The molecule has 0 aliphatic heterocycles. The average molecular weight is 255 g/mol. The Hall–Kier alpha value is -2.23. The lowest BCUT2D eigenvalue weighted by atomic mass is 10.2. The summed E-state index contributed by atoms with van der Waals surface area (Å²) in [4.78, 5) is 8.63. The molecule has 1 aromatic carbocycles. The van der Waals surface area contributed by atoms with Gasteiger partial charge in [0.25, 0.3) is 0 Å². The van der Waals surface area contributed by atoms with Gasteiger partial charge in [0.15, 0.2) is 0 Å². The molecule has 0 saturated heterocycles. The zero-order chi connectivity index (χ0) is 13.4. The van der Waals surface area contributed by atoms with E-state index in [0.29, 0.717) is 0 Å². The molecule has 0 fully saturated rings. The molecule has 0 N–H and O–H groups in total. The van der Waals surface area contributed by atoms with E-state index in [1.807, 2.05) is 16.7 Å². The number of imidazole rings is 1. The van der Waals surface area contributed by atoms with E-state index in [-0.39, 0.29) is 11.7 Å². The van der Waals surface area contributed by atoms with E-state index in [1.165, 1.54) is 12.1 Å². The SMILES string of the molecule is CC(C)c1nc2ccc(F)cc2n1-c1ccncc1. The summed E-state index contributed by atoms with van der Waals surface area (Å²) in [6, 6.07) is 8.48. The molecule has 0 amide bonds. The fourth-order valence-electron chi connectivity index (χ4n) is 2.22. The van der Waals surface area contributed by atoms with E-state index >= 15 is 0 Å². The van der Waals surface area contributed by atoms with Crippen molar-refractivity contribution in [3.05, 3.63) is 54.4 Å². The molecule has 0 atom stereocenters. The van der Waals surface area contributed by atoms with Crippen LogP contribution in [0.2, 0.25) is 0 Å². The molecule has 3 aromatic rings. The van der Waals surface area contributed by atoms with E-state index in [4.69, 9.17) is 0 Å². The van der Waals surface area contributed by atoms with Crippen LogP contribution in [-0.4, -0.2) is 14.5 Å². The summed E-state index contributed by atoms with van der Waals surface area (Å²) in [7, 11) is 0. The number of aromatic nitrogens is 3. The Kier molecular flexibility index (Phi) is 2.78. The van der Waals surface area contributed by atoms with Crippen LogP contribution in [0.25, 0.3) is 16.7 Å². The molecule has 0 unspecified atom stereocenters. The van der Waals surface area contributed by atoms with Crippen LogP contribution >= 0.6 is 0 Å². The van der Waals surface area contributed by atoms with Gasteiger partial charge in [0, 0.05) is 24.4 Å². The largest absolute Gasteiger partial charge is 0.296 e. The third kappa shape index (κ3) is 1.99. The maximum absolute atomic E-state index is 13.5. The number of hydrogen-bond acceptors (Lipinski definition) is 2. The molecular weight excluding hydrogens is 241 g/mol. The number of hydrogen-bond donors (Lipinski definition) is 0. The van der Waals surface area contributed by atoms with Crippen molar-refractivity contribution in [2.75, 3.05) is 0 Å². The van der Waals surface area contributed by atoms with Crippen molar-refractivity contribution in [3.8, 4) is 5.69 Å². The van der Waals surface area contributed by atoms with E-state index in [2.05, 4.69) is 23.8 Å². The Morgan fingerprint density at radius 3 is 2.53 bits per heavy atom. The Balaban J connectivity index is 2.36. The van der Waals surface area contributed by atoms with Gasteiger partial charge in [0.05, 0.1) is 16.7 Å². The van der Waals surface area contributed by atoms with E-state index in [9.17, 15) is 4.39 Å². The Morgan fingerprint density at radius 1 is 1.11 bits per heavy atom. The normalized spacial score (nSPS) is 11.4. The number of fused-ring (bicyclic) bond motifs is 1. The molecular formula is C15H14FN3. The first-order chi connectivity index (χ1) is 9.16. The fourth-order valence-corrected chi connectivity index (χ4v) is 2.22. The van der Waals surface area contributed by atoms with Crippen molar-refractivity contribution in [1.29, 1.82) is 0 Å². The molecule has 2 aromatic heterocycles. The van der Waals surface area contributed by atoms with Crippen molar-refractivity contribution >= 4 is 11.0 Å². The first-order valence-corrected chi connectivity index (χ1v) is 6.25. The van der Waals surface area contributed by atoms with Gasteiger partial charge in [-0.15, -0.1) is 0 Å². The first kappa shape index (κ1) is 11.8. The van der Waals surface area contributed by atoms with Crippen LogP contribution in [0.5, 0.6) is 0 Å². The Labute approximate surface area is 110 Å². The monoisotopic (exact) mass is 255 g/mol. The third-order valence-corrected chi connectivity index (χ3v) is 3.08. The lowest BCUT2D eigenvalue weighted by Crippen LogP contribution is -2.03. The minimum absolute atomic E-state index is 0.252. The molecule has 4 heteroatoms. The molecule has 0 bridgehead atoms. The quantitative estimate of drug-likeness (QED) is 0.699. The Bertz CT molecular complexity index is 717. The van der Waals surface area contributed by atoms with Gasteiger partial charge in [-0.25, -0.2) is 9.37 Å². The van der Waals surface area contributed by atoms with Crippen molar-refractivity contribution < 1.29 is 4.39 Å². The lowest BCUT2D eigenvalue weighted by molar-refractivity contribution is 0.629. The fraction of sp³-hybridized carbons (Fsp3) is 0.200. The van der Waals surface area contributed by atoms with Gasteiger partial charge < -0.3 is 0 Å². The summed E-state index contributed by atoms with van der Waals surface area (Å²) in [5.41, 5.74) is 2.55. The number of rotatable bonds is 2. The predicted octanol–water partition coefficient (Wildman–Crippen LogP) is 3.68. The van der Waals surface area contributed by atoms with Crippen LogP contribution in [0.4, 0.5) is 4.39 Å². The first-order valence-electron chi connectivity index (χ1n) is 6.25. The second kappa shape index (κ2) is 4.46. The number of halogens is 1. The topological polar surface area (TPSA) is 30.7 Å². The molecule has 0 spiro atoms. The maximum atomic E-state index is 13.5. The van der Waals surface area contributed by atoms with Crippen LogP contribution in [0.15, 0.2) is 42.7 Å². The van der Waals surface area contributed by atoms with Gasteiger partial charge >= 0.3 is 0 Å². The number of nitrogens with zero attached hydrogens (tertiary/aromatic N) is 3. The summed E-state index contributed by atoms with van der Waals surface area (Å²) in [5, 5.41) is 0. The second-order valence-corrected chi connectivity index (χ2v) is 4.80. The molecule has 3 nitrogen and oxygen atoms in total. The lowest BCUT2D eigenvalue weighted by Gasteiger charge is -2.11. The van der Waals surface area contributed by atoms with Gasteiger partial charge in [-0.1, -0.05) is 13.8 Å². The van der Waals surface area contributed by atoms with Crippen molar-refractivity contribution in [1.82, 2.24) is 14.5 Å². The summed E-state index contributed by atoms with van der Waals surface area (Å²) >= 11 is 0. The van der Waals surface area contributed by atoms with Gasteiger partial charge in [-0.2, -0.15) is 0 Å². The standard InChI is InChI=1S/C15H14FN3/c1-10(2)15-18-13-4-3-11(16)9-14(13)19(15)12-5-7-17-8-6-12/h3-10H,1-2H3. The summed E-state index contributed by atoms with van der Waals surface area (Å²) < 4.78 is 15.5. The van der Waals surface area contributed by atoms with Crippen molar-refractivity contribution in [2.45, 2.75) is 19.8 Å². The highest BCUT2D eigenvalue weighted by molar-refractivity contribution is 5.78. The number of benzene rings is 1. The van der Waals surface area contributed by atoms with E-state index in [1.54, 1.807) is 18.5 Å². The van der Waals surface area contributed by atoms with Crippen LogP contribution in [0.1, 0.15) is 25.6 Å². The minimum atomic E-state index is -0.252. The summed E-state index contributed by atoms with van der Waals surface area (Å²) in [5.74, 6) is 0.924. The van der Waals surface area contributed by atoms with Gasteiger partial charge in [0.1, 0.15) is 11.6 Å². The highest BCUT2D eigenvalue weighted by Gasteiger charge is 2.15. The van der Waals surface area contributed by atoms with Crippen LogP contribution in [-0.2, 0) is 0 Å². The highest BCUT2D eigenvalue weighted by atomic mass is 19.1. The maximum Gasteiger partial charge on any atom is 0.125 e. The zero-order valence-electron chi connectivity index (χ0n) is 10.8. The smallest absolute Gasteiger partial charge is 0.125 e. The zero-order valence-corrected chi connectivity index (χ0v) is 10.8. The van der Waals surface area contributed by atoms with Crippen LogP contribution < -0.4 is 0 Å². The summed E-state index contributed by atoms with van der Waals surface area (Å²) in [6.45, 7) is 4.16. The van der Waals surface area contributed by atoms with Crippen LogP contribution in [0, 0.1) is 5.82 Å². The van der Waals surface area contributed by atoms with Gasteiger partial charge in [-0.3, -0.25) is 9.55 Å². The van der Waals surface area contributed by atoms with Crippen LogP contribution in [0.3, 0.4) is 0 Å².